The predicted molar refractivity (Wildman–Crippen MR) is 54.8 cm³/mol. The van der Waals surface area contributed by atoms with Crippen molar-refractivity contribution in [3.63, 3.8) is 0 Å². The van der Waals surface area contributed by atoms with Gasteiger partial charge in [-0.2, -0.15) is 0 Å². The molecule has 1 aliphatic rings. The van der Waals surface area contributed by atoms with Crippen LogP contribution >= 0.6 is 11.6 Å². The third kappa shape index (κ3) is 1.93. The highest BCUT2D eigenvalue weighted by atomic mass is 35.5. The van der Waals surface area contributed by atoms with Crippen LogP contribution in [0.1, 0.15) is 18.9 Å². The van der Waals surface area contributed by atoms with Crippen LogP contribution in [0.3, 0.4) is 0 Å². The average Bonchev–Trinajstić information content (AvgIpc) is 2.16. The van der Waals surface area contributed by atoms with Crippen LogP contribution in [0.5, 0.6) is 5.75 Å². The van der Waals surface area contributed by atoms with Crippen molar-refractivity contribution in [2.45, 2.75) is 31.8 Å². The fourth-order valence-electron chi connectivity index (χ4n) is 1.67. The van der Waals surface area contributed by atoms with Crippen LogP contribution < -0.4 is 4.74 Å². The lowest BCUT2D eigenvalue weighted by atomic mass is 9.93. The Morgan fingerprint density at radius 2 is 2.20 bits per heavy atom. The lowest BCUT2D eigenvalue weighted by Gasteiger charge is -2.35. The molecular weight excluding hydrogens is 222 g/mol. The summed E-state index contributed by atoms with van der Waals surface area (Å²) in [4.78, 5) is 0. The number of rotatable bonds is 1. The Labute approximate surface area is 92.0 Å². The maximum atomic E-state index is 12.7. The van der Waals surface area contributed by atoms with E-state index in [2.05, 4.69) is 0 Å². The molecule has 1 aromatic carbocycles. The molecule has 2 rings (SSSR count). The van der Waals surface area contributed by atoms with Crippen LogP contribution in [0.2, 0.25) is 5.02 Å². The van der Waals surface area contributed by atoms with Crippen molar-refractivity contribution >= 4 is 11.6 Å². The van der Waals surface area contributed by atoms with Crippen LogP contribution in [0, 0.1) is 0 Å². The normalized spacial score (nSPS) is 24.9. The second-order valence-electron chi connectivity index (χ2n) is 3.97. The van der Waals surface area contributed by atoms with E-state index in [1.54, 1.807) is 12.1 Å². The van der Waals surface area contributed by atoms with Crippen LogP contribution in [-0.4, -0.2) is 12.0 Å². The molecule has 82 valence electrons. The van der Waals surface area contributed by atoms with E-state index in [0.717, 1.165) is 5.56 Å². The Kier molecular flexibility index (Phi) is 2.59. The number of hydrogen-bond donors (Lipinski definition) is 0. The largest absolute Gasteiger partial charge is 0.481 e. The first-order valence-electron chi connectivity index (χ1n) is 4.77. The van der Waals surface area contributed by atoms with Gasteiger partial charge in [-0.1, -0.05) is 17.7 Å². The minimum Gasteiger partial charge on any atom is -0.481 e. The first kappa shape index (κ1) is 10.7. The highest BCUT2D eigenvalue weighted by Crippen LogP contribution is 2.37. The summed E-state index contributed by atoms with van der Waals surface area (Å²) in [5, 5.41) is 0.507. The fourth-order valence-corrected chi connectivity index (χ4v) is 1.83. The van der Waals surface area contributed by atoms with Crippen LogP contribution in [0.4, 0.5) is 8.78 Å². The second-order valence-corrected chi connectivity index (χ2v) is 4.40. The zero-order valence-electron chi connectivity index (χ0n) is 8.27. The molecule has 0 N–H and O–H groups in total. The lowest BCUT2D eigenvalue weighted by molar-refractivity contribution is -0.0755. The van der Waals surface area contributed by atoms with E-state index in [-0.39, 0.29) is 0 Å². The van der Waals surface area contributed by atoms with Gasteiger partial charge in [0.05, 0.1) is 0 Å². The smallest absolute Gasteiger partial charge is 0.277 e. The van der Waals surface area contributed by atoms with Crippen molar-refractivity contribution in [1.29, 1.82) is 0 Å². The van der Waals surface area contributed by atoms with Crippen LogP contribution in [0.25, 0.3) is 0 Å². The average molecular weight is 233 g/mol. The molecule has 1 heterocycles. The summed E-state index contributed by atoms with van der Waals surface area (Å²) in [6.45, 7) is 1.43. The summed E-state index contributed by atoms with van der Waals surface area (Å²) < 4.78 is 30.8. The molecule has 1 aliphatic heterocycles. The minimum atomic E-state index is -2.48. The molecule has 1 nitrogen and oxygen atoms in total. The Bertz CT molecular complexity index is 381. The number of ether oxygens (including phenoxy) is 1. The molecule has 1 aromatic rings. The van der Waals surface area contributed by atoms with Gasteiger partial charge in [0.15, 0.2) is 5.60 Å². The van der Waals surface area contributed by atoms with E-state index >= 15 is 0 Å². The molecule has 0 amide bonds. The first-order valence-corrected chi connectivity index (χ1v) is 5.15. The van der Waals surface area contributed by atoms with Gasteiger partial charge in [-0.3, -0.25) is 0 Å². The lowest BCUT2D eigenvalue weighted by Crippen LogP contribution is -2.43. The Balaban J connectivity index is 2.33. The summed E-state index contributed by atoms with van der Waals surface area (Å²) >= 11 is 5.78. The van der Waals surface area contributed by atoms with E-state index in [9.17, 15) is 8.78 Å². The van der Waals surface area contributed by atoms with Gasteiger partial charge in [0.25, 0.3) is 6.43 Å². The van der Waals surface area contributed by atoms with Crippen molar-refractivity contribution in [2.24, 2.45) is 0 Å². The predicted octanol–water partition coefficient (Wildman–Crippen LogP) is 3.69. The molecule has 0 spiro atoms. The molecule has 0 unspecified atom stereocenters. The van der Waals surface area contributed by atoms with E-state index in [1.807, 2.05) is 6.07 Å². The molecular formula is C11H11ClF2O. The maximum absolute atomic E-state index is 12.7. The summed E-state index contributed by atoms with van der Waals surface area (Å²) in [5.41, 5.74) is -0.435. The quantitative estimate of drug-likeness (QED) is 0.718. The molecule has 0 bridgehead atoms. The SMILES string of the molecule is C[C@@]1(C(F)F)CCc2ccc(Cl)cc2O1. The fraction of sp³-hybridized carbons (Fsp3) is 0.455. The van der Waals surface area contributed by atoms with Gasteiger partial charge in [0, 0.05) is 5.02 Å². The monoisotopic (exact) mass is 232 g/mol. The van der Waals surface area contributed by atoms with Gasteiger partial charge < -0.3 is 4.74 Å². The van der Waals surface area contributed by atoms with Crippen LogP contribution in [-0.2, 0) is 6.42 Å². The molecule has 0 aromatic heterocycles. The van der Waals surface area contributed by atoms with Gasteiger partial charge in [-0.05, 0) is 37.5 Å². The Morgan fingerprint density at radius 1 is 1.47 bits per heavy atom. The molecule has 1 atom stereocenters. The molecule has 0 radical (unpaired) electrons. The van der Waals surface area contributed by atoms with E-state index < -0.39 is 12.0 Å². The van der Waals surface area contributed by atoms with Crippen molar-refractivity contribution in [3.05, 3.63) is 28.8 Å². The van der Waals surface area contributed by atoms with Crippen molar-refractivity contribution in [3.8, 4) is 5.75 Å². The number of alkyl halides is 2. The number of fused-ring (bicyclic) bond motifs is 1. The third-order valence-electron chi connectivity index (χ3n) is 2.72. The van der Waals surface area contributed by atoms with Gasteiger partial charge in [0.1, 0.15) is 5.75 Å². The Hall–Kier alpha value is -0.830. The number of hydrogen-bond acceptors (Lipinski definition) is 1. The van der Waals surface area contributed by atoms with Crippen molar-refractivity contribution < 1.29 is 13.5 Å². The highest BCUT2D eigenvalue weighted by molar-refractivity contribution is 6.30. The molecule has 0 fully saturated rings. The first-order chi connectivity index (χ1) is 7.01. The molecule has 15 heavy (non-hydrogen) atoms. The number of benzene rings is 1. The number of halogens is 3. The minimum absolute atomic E-state index is 0.333. The summed E-state index contributed by atoms with van der Waals surface area (Å²) in [7, 11) is 0. The second kappa shape index (κ2) is 3.63. The third-order valence-corrected chi connectivity index (χ3v) is 2.96. The zero-order chi connectivity index (χ0) is 11.1. The van der Waals surface area contributed by atoms with Gasteiger partial charge in [0.2, 0.25) is 0 Å². The summed E-state index contributed by atoms with van der Waals surface area (Å²) in [6.07, 6.45) is -1.54. The van der Waals surface area contributed by atoms with Crippen LogP contribution in [0.15, 0.2) is 18.2 Å². The standard InChI is InChI=1S/C11H11ClF2O/c1-11(10(13)14)5-4-7-2-3-8(12)6-9(7)15-11/h2-3,6,10H,4-5H2,1H3/t11-/m0/s1. The van der Waals surface area contributed by atoms with E-state index in [0.29, 0.717) is 23.6 Å². The van der Waals surface area contributed by atoms with Crippen molar-refractivity contribution in [1.82, 2.24) is 0 Å². The Morgan fingerprint density at radius 3 is 2.87 bits per heavy atom. The maximum Gasteiger partial charge on any atom is 0.277 e. The summed E-state index contributed by atoms with van der Waals surface area (Å²) in [5.74, 6) is 0.483. The van der Waals surface area contributed by atoms with Crippen molar-refractivity contribution in [2.75, 3.05) is 0 Å². The molecule has 4 heteroatoms. The van der Waals surface area contributed by atoms with Gasteiger partial charge >= 0.3 is 0 Å². The molecule has 0 saturated carbocycles. The topological polar surface area (TPSA) is 9.23 Å². The van der Waals surface area contributed by atoms with Gasteiger partial charge in [-0.25, -0.2) is 8.78 Å². The zero-order valence-corrected chi connectivity index (χ0v) is 9.02. The molecule has 0 aliphatic carbocycles. The highest BCUT2D eigenvalue weighted by Gasteiger charge is 2.40. The van der Waals surface area contributed by atoms with E-state index in [1.165, 1.54) is 6.92 Å². The van der Waals surface area contributed by atoms with E-state index in [4.69, 9.17) is 16.3 Å². The molecule has 0 saturated heterocycles. The van der Waals surface area contributed by atoms with Gasteiger partial charge in [-0.15, -0.1) is 0 Å². The number of aryl methyl sites for hydroxylation is 1. The summed E-state index contributed by atoms with van der Waals surface area (Å²) in [6, 6.07) is 5.16.